The Hall–Kier alpha value is -2.30. The van der Waals surface area contributed by atoms with Gasteiger partial charge in [-0.1, -0.05) is 19.1 Å². The van der Waals surface area contributed by atoms with E-state index in [1.165, 1.54) is 0 Å². The van der Waals surface area contributed by atoms with Gasteiger partial charge in [0.15, 0.2) is 0 Å². The van der Waals surface area contributed by atoms with Crippen molar-refractivity contribution in [2.45, 2.75) is 33.7 Å². The van der Waals surface area contributed by atoms with Crippen molar-refractivity contribution in [2.75, 3.05) is 13.7 Å². The number of hydrogen-bond acceptors (Lipinski definition) is 3. The fourth-order valence-corrected chi connectivity index (χ4v) is 2.50. The van der Waals surface area contributed by atoms with E-state index in [2.05, 4.69) is 30.3 Å². The lowest BCUT2D eigenvalue weighted by Gasteiger charge is -2.14. The van der Waals surface area contributed by atoms with E-state index >= 15 is 0 Å². The van der Waals surface area contributed by atoms with Crippen LogP contribution in [0.2, 0.25) is 0 Å². The molecule has 0 saturated heterocycles. The topological polar surface area (TPSA) is 56.1 Å². The number of methoxy groups -OCH3 is 1. The summed E-state index contributed by atoms with van der Waals surface area (Å²) in [5.74, 6) is 1.16. The minimum Gasteiger partial charge on any atom is -0.497 e. The Labute approximate surface area is 137 Å². The molecule has 1 aromatic carbocycles. The number of aromatic nitrogens is 2. The predicted octanol–water partition coefficient (Wildman–Crippen LogP) is 2.50. The first-order valence-corrected chi connectivity index (χ1v) is 7.88. The number of amides is 1. The van der Waals surface area contributed by atoms with Crippen molar-refractivity contribution < 1.29 is 9.53 Å². The van der Waals surface area contributed by atoms with Crippen molar-refractivity contribution in [1.82, 2.24) is 15.1 Å². The molecule has 1 heterocycles. The monoisotopic (exact) mass is 315 g/mol. The van der Waals surface area contributed by atoms with Crippen LogP contribution >= 0.6 is 0 Å². The Kier molecular flexibility index (Phi) is 5.79. The zero-order valence-corrected chi connectivity index (χ0v) is 14.3. The molecule has 1 aromatic heterocycles. The van der Waals surface area contributed by atoms with Gasteiger partial charge < -0.3 is 10.1 Å². The summed E-state index contributed by atoms with van der Waals surface area (Å²) in [5.41, 5.74) is 3.16. The molecule has 1 N–H and O–H groups in total. The highest BCUT2D eigenvalue weighted by Gasteiger charge is 2.09. The molecule has 0 saturated carbocycles. The number of nitrogens with one attached hydrogen (secondary N) is 1. The second-order valence-corrected chi connectivity index (χ2v) is 6.04. The summed E-state index contributed by atoms with van der Waals surface area (Å²) in [6.45, 7) is 7.61. The lowest BCUT2D eigenvalue weighted by Crippen LogP contribution is -2.31. The summed E-state index contributed by atoms with van der Waals surface area (Å²) < 4.78 is 7.11. The first-order chi connectivity index (χ1) is 11.0. The Morgan fingerprint density at radius 3 is 2.57 bits per heavy atom. The van der Waals surface area contributed by atoms with Crippen LogP contribution in [-0.2, 0) is 17.8 Å². The molecule has 0 spiro atoms. The number of carbonyl (C=O) groups excluding carboxylic acids is 1. The maximum absolute atomic E-state index is 12.0. The van der Waals surface area contributed by atoms with E-state index in [9.17, 15) is 4.79 Å². The van der Waals surface area contributed by atoms with Crippen LogP contribution in [0.4, 0.5) is 0 Å². The summed E-state index contributed by atoms with van der Waals surface area (Å²) in [6.07, 6.45) is 0.386. The van der Waals surface area contributed by atoms with Crippen LogP contribution in [0.3, 0.4) is 0 Å². The fraction of sp³-hybridized carbons (Fsp3) is 0.444. The van der Waals surface area contributed by atoms with Gasteiger partial charge in [0.05, 0.1) is 19.2 Å². The van der Waals surface area contributed by atoms with Crippen LogP contribution in [0.5, 0.6) is 5.75 Å². The van der Waals surface area contributed by atoms with Gasteiger partial charge >= 0.3 is 0 Å². The molecule has 2 aromatic rings. The molecule has 1 amide bonds. The second kappa shape index (κ2) is 7.81. The van der Waals surface area contributed by atoms with Crippen molar-refractivity contribution >= 4 is 5.91 Å². The van der Waals surface area contributed by atoms with E-state index in [1.807, 2.05) is 35.9 Å². The van der Waals surface area contributed by atoms with Gasteiger partial charge in [-0.25, -0.2) is 0 Å². The number of rotatable bonds is 7. The number of hydrogen-bond donors (Lipinski definition) is 1. The van der Waals surface area contributed by atoms with Crippen molar-refractivity contribution in [3.05, 3.63) is 47.3 Å². The molecule has 0 aliphatic heterocycles. The smallest absolute Gasteiger partial charge is 0.224 e. The summed E-state index contributed by atoms with van der Waals surface area (Å²) in [4.78, 5) is 12.0. The molecule has 124 valence electrons. The number of nitrogens with zero attached hydrogens (tertiary/aromatic N) is 2. The highest BCUT2D eigenvalue weighted by Crippen LogP contribution is 2.11. The maximum atomic E-state index is 12.0. The van der Waals surface area contributed by atoms with Gasteiger partial charge in [0.2, 0.25) is 5.91 Å². The molecule has 2 rings (SSSR count). The van der Waals surface area contributed by atoms with Crippen LogP contribution in [0, 0.1) is 19.8 Å². The minimum atomic E-state index is 0.0374. The Morgan fingerprint density at radius 2 is 2.00 bits per heavy atom. The Morgan fingerprint density at radius 1 is 1.30 bits per heavy atom. The van der Waals surface area contributed by atoms with E-state index < -0.39 is 0 Å². The highest BCUT2D eigenvalue weighted by molar-refractivity contribution is 5.78. The Bertz CT molecular complexity index is 647. The number of carbonyl (C=O) groups is 1. The van der Waals surface area contributed by atoms with Crippen LogP contribution < -0.4 is 10.1 Å². The maximum Gasteiger partial charge on any atom is 0.224 e. The highest BCUT2D eigenvalue weighted by atomic mass is 16.5. The van der Waals surface area contributed by atoms with Gasteiger partial charge in [0.1, 0.15) is 5.75 Å². The zero-order chi connectivity index (χ0) is 16.8. The number of aryl methyl sites for hydroxylation is 2. The largest absolute Gasteiger partial charge is 0.497 e. The molecule has 1 atom stereocenters. The van der Waals surface area contributed by atoms with E-state index in [1.54, 1.807) is 7.11 Å². The van der Waals surface area contributed by atoms with Crippen LogP contribution in [-0.4, -0.2) is 29.3 Å². The molecule has 0 aliphatic rings. The average Bonchev–Trinajstić information content (AvgIpc) is 2.83. The summed E-state index contributed by atoms with van der Waals surface area (Å²) in [5, 5.41) is 7.45. The quantitative estimate of drug-likeness (QED) is 0.854. The fourth-order valence-electron chi connectivity index (χ4n) is 2.50. The van der Waals surface area contributed by atoms with Gasteiger partial charge in [-0.15, -0.1) is 0 Å². The van der Waals surface area contributed by atoms with Gasteiger partial charge in [-0.3, -0.25) is 9.48 Å². The van der Waals surface area contributed by atoms with Gasteiger partial charge in [0.25, 0.3) is 0 Å². The van der Waals surface area contributed by atoms with Gasteiger partial charge in [-0.2, -0.15) is 5.10 Å². The van der Waals surface area contributed by atoms with E-state index in [0.29, 0.717) is 18.9 Å². The van der Waals surface area contributed by atoms with Gasteiger partial charge in [-0.05, 0) is 43.5 Å². The standard InChI is InChI=1S/C18H25N3O2/c1-13(12-21-15(3)9-14(2)20-21)11-19-18(22)10-16-5-7-17(23-4)8-6-16/h5-9,13H,10-12H2,1-4H3,(H,19,22). The molecule has 23 heavy (non-hydrogen) atoms. The molecular formula is C18H25N3O2. The predicted molar refractivity (Wildman–Crippen MR) is 90.6 cm³/mol. The summed E-state index contributed by atoms with van der Waals surface area (Å²) in [7, 11) is 1.63. The van der Waals surface area contributed by atoms with E-state index in [0.717, 1.165) is 29.2 Å². The van der Waals surface area contributed by atoms with Crippen LogP contribution in [0.1, 0.15) is 23.9 Å². The number of ether oxygens (including phenoxy) is 1. The number of benzene rings is 1. The molecule has 5 heteroatoms. The van der Waals surface area contributed by atoms with Crippen molar-refractivity contribution in [3.8, 4) is 5.75 Å². The molecular weight excluding hydrogens is 290 g/mol. The second-order valence-electron chi connectivity index (χ2n) is 6.04. The lowest BCUT2D eigenvalue weighted by atomic mass is 10.1. The van der Waals surface area contributed by atoms with Crippen LogP contribution in [0.25, 0.3) is 0 Å². The summed E-state index contributed by atoms with van der Waals surface area (Å²) >= 11 is 0. The van der Waals surface area contributed by atoms with E-state index in [-0.39, 0.29) is 5.91 Å². The third-order valence-electron chi connectivity index (χ3n) is 3.76. The van der Waals surface area contributed by atoms with Crippen molar-refractivity contribution in [3.63, 3.8) is 0 Å². The average molecular weight is 315 g/mol. The van der Waals surface area contributed by atoms with Crippen molar-refractivity contribution in [1.29, 1.82) is 0 Å². The molecule has 5 nitrogen and oxygen atoms in total. The third kappa shape index (κ3) is 5.13. The van der Waals surface area contributed by atoms with Crippen LogP contribution in [0.15, 0.2) is 30.3 Å². The molecule has 0 aliphatic carbocycles. The molecule has 1 unspecified atom stereocenters. The molecule has 0 radical (unpaired) electrons. The van der Waals surface area contributed by atoms with Gasteiger partial charge in [0, 0.05) is 18.8 Å². The Balaban J connectivity index is 1.77. The zero-order valence-electron chi connectivity index (χ0n) is 14.3. The molecule has 0 fully saturated rings. The third-order valence-corrected chi connectivity index (χ3v) is 3.76. The lowest BCUT2D eigenvalue weighted by molar-refractivity contribution is -0.120. The van der Waals surface area contributed by atoms with E-state index in [4.69, 9.17) is 4.74 Å². The summed E-state index contributed by atoms with van der Waals surface area (Å²) in [6, 6.07) is 9.63. The first-order valence-electron chi connectivity index (χ1n) is 7.88. The minimum absolute atomic E-state index is 0.0374. The molecule has 0 bridgehead atoms. The SMILES string of the molecule is COc1ccc(CC(=O)NCC(C)Cn2nc(C)cc2C)cc1. The normalized spacial score (nSPS) is 12.0. The first kappa shape index (κ1) is 17.1. The van der Waals surface area contributed by atoms with Crippen molar-refractivity contribution in [2.24, 2.45) is 5.92 Å².